The number of carbonyl (C=O) groups excluding carboxylic acids is 2. The molecule has 2 aromatic rings. The Morgan fingerprint density at radius 1 is 1.21 bits per heavy atom. The zero-order valence-corrected chi connectivity index (χ0v) is 12.2. The van der Waals surface area contributed by atoms with E-state index >= 15 is 0 Å². The topological polar surface area (TPSA) is 84.0 Å². The lowest BCUT2D eigenvalue weighted by molar-refractivity contribution is 0.0848. The van der Waals surface area contributed by atoms with Crippen molar-refractivity contribution in [3.8, 4) is 0 Å². The smallest absolute Gasteiger partial charge is 0.267 e. The average Bonchev–Trinajstić information content (AvgIpc) is 2.82. The van der Waals surface area contributed by atoms with E-state index in [1.165, 1.54) is 0 Å². The molecule has 0 atom stereocenters. The summed E-state index contributed by atoms with van der Waals surface area (Å²) in [5, 5.41) is 3.72. The van der Waals surface area contributed by atoms with Crippen molar-refractivity contribution in [2.75, 3.05) is 0 Å². The molecule has 0 saturated carbocycles. The molecule has 2 N–H and O–H groups in total. The zero-order chi connectivity index (χ0) is 13.8. The van der Waals surface area contributed by atoms with Crippen LogP contribution in [0.5, 0.6) is 0 Å². The zero-order valence-electron chi connectivity index (χ0n) is 9.81. The third kappa shape index (κ3) is 3.15. The molecule has 19 heavy (non-hydrogen) atoms. The molecule has 1 heterocycles. The van der Waals surface area contributed by atoms with Gasteiger partial charge in [-0.25, -0.2) is 0 Å². The SMILES string of the molecule is Cc1nnsc1C(=O)NNC(=O)c1ccccc1Br. The minimum absolute atomic E-state index is 0.368. The molecule has 0 unspecified atom stereocenters. The number of hydrogen-bond acceptors (Lipinski definition) is 5. The fraction of sp³-hybridized carbons (Fsp3) is 0.0909. The number of hydrogen-bond donors (Lipinski definition) is 2. The number of aryl methyl sites for hydroxylation is 1. The Labute approximate surface area is 121 Å². The van der Waals surface area contributed by atoms with Crippen LogP contribution in [0.15, 0.2) is 28.7 Å². The van der Waals surface area contributed by atoms with E-state index in [1.54, 1.807) is 31.2 Å². The van der Waals surface area contributed by atoms with Gasteiger partial charge in [-0.3, -0.25) is 20.4 Å². The van der Waals surface area contributed by atoms with Gasteiger partial charge in [-0.15, -0.1) is 5.10 Å². The Kier molecular flexibility index (Phi) is 4.23. The number of amides is 2. The Bertz CT molecular complexity index is 629. The van der Waals surface area contributed by atoms with Gasteiger partial charge in [-0.1, -0.05) is 16.6 Å². The van der Waals surface area contributed by atoms with Crippen molar-refractivity contribution >= 4 is 39.3 Å². The maximum absolute atomic E-state index is 11.8. The van der Waals surface area contributed by atoms with Gasteiger partial charge in [-0.05, 0) is 46.5 Å². The predicted molar refractivity (Wildman–Crippen MR) is 73.7 cm³/mol. The van der Waals surface area contributed by atoms with Crippen LogP contribution in [0.2, 0.25) is 0 Å². The van der Waals surface area contributed by atoms with Crippen LogP contribution in [0.1, 0.15) is 25.7 Å². The van der Waals surface area contributed by atoms with Gasteiger partial charge in [0, 0.05) is 4.47 Å². The van der Waals surface area contributed by atoms with Crippen molar-refractivity contribution in [1.82, 2.24) is 20.4 Å². The molecule has 6 nitrogen and oxygen atoms in total. The fourth-order valence-corrected chi connectivity index (χ4v) is 2.34. The predicted octanol–water partition coefficient (Wildman–Crippen LogP) is 1.68. The summed E-state index contributed by atoms with van der Waals surface area (Å²) in [6.45, 7) is 1.67. The maximum Gasteiger partial charge on any atom is 0.283 e. The Morgan fingerprint density at radius 2 is 1.89 bits per heavy atom. The van der Waals surface area contributed by atoms with Crippen molar-refractivity contribution in [1.29, 1.82) is 0 Å². The lowest BCUT2D eigenvalue weighted by Gasteiger charge is -2.07. The van der Waals surface area contributed by atoms with E-state index in [0.29, 0.717) is 20.6 Å². The third-order valence-electron chi connectivity index (χ3n) is 2.27. The van der Waals surface area contributed by atoms with Crippen LogP contribution in [0.25, 0.3) is 0 Å². The number of rotatable bonds is 2. The number of hydrazine groups is 1. The van der Waals surface area contributed by atoms with E-state index < -0.39 is 11.8 Å². The molecule has 0 fully saturated rings. The van der Waals surface area contributed by atoms with Gasteiger partial charge >= 0.3 is 0 Å². The molecule has 2 rings (SSSR count). The second-order valence-corrected chi connectivity index (χ2v) is 5.18. The highest BCUT2D eigenvalue weighted by Crippen LogP contribution is 2.15. The quantitative estimate of drug-likeness (QED) is 0.814. The Hall–Kier alpha value is -1.80. The monoisotopic (exact) mass is 340 g/mol. The highest BCUT2D eigenvalue weighted by atomic mass is 79.9. The summed E-state index contributed by atoms with van der Waals surface area (Å²) in [7, 11) is 0. The molecule has 0 radical (unpaired) electrons. The second-order valence-electron chi connectivity index (χ2n) is 3.58. The normalized spacial score (nSPS) is 10.0. The molecular weight excluding hydrogens is 332 g/mol. The first kappa shape index (κ1) is 13.6. The number of benzene rings is 1. The fourth-order valence-electron chi connectivity index (χ4n) is 1.32. The molecule has 0 saturated heterocycles. The van der Waals surface area contributed by atoms with Gasteiger partial charge in [-0.2, -0.15) is 0 Å². The van der Waals surface area contributed by atoms with Crippen LogP contribution in [-0.4, -0.2) is 21.4 Å². The van der Waals surface area contributed by atoms with Crippen molar-refractivity contribution in [2.45, 2.75) is 6.92 Å². The van der Waals surface area contributed by atoms with Gasteiger partial charge in [0.1, 0.15) is 4.88 Å². The molecule has 0 spiro atoms. The van der Waals surface area contributed by atoms with E-state index in [9.17, 15) is 9.59 Å². The van der Waals surface area contributed by atoms with Crippen molar-refractivity contribution in [3.05, 3.63) is 44.9 Å². The van der Waals surface area contributed by atoms with Crippen molar-refractivity contribution in [3.63, 3.8) is 0 Å². The molecule has 0 bridgehead atoms. The Morgan fingerprint density at radius 3 is 2.53 bits per heavy atom. The lowest BCUT2D eigenvalue weighted by atomic mass is 10.2. The molecule has 1 aromatic carbocycles. The first-order valence-electron chi connectivity index (χ1n) is 5.23. The molecule has 8 heteroatoms. The van der Waals surface area contributed by atoms with Crippen LogP contribution >= 0.6 is 27.5 Å². The standard InChI is InChI=1S/C11H9BrN4O2S/c1-6-9(19-16-13-6)11(18)15-14-10(17)7-4-2-3-5-8(7)12/h2-5H,1H3,(H,14,17)(H,15,18). The molecule has 1 aromatic heterocycles. The van der Waals surface area contributed by atoms with Crippen molar-refractivity contribution < 1.29 is 9.59 Å². The number of nitrogens with zero attached hydrogens (tertiary/aromatic N) is 2. The first-order chi connectivity index (χ1) is 9.09. The number of carbonyl (C=O) groups is 2. The summed E-state index contributed by atoms with van der Waals surface area (Å²) in [6.07, 6.45) is 0. The van der Waals surface area contributed by atoms with Crippen LogP contribution in [0.3, 0.4) is 0 Å². The van der Waals surface area contributed by atoms with Gasteiger partial charge in [0.2, 0.25) is 0 Å². The summed E-state index contributed by atoms with van der Waals surface area (Å²) in [5.41, 5.74) is 5.62. The van der Waals surface area contributed by atoms with Gasteiger partial charge in [0.15, 0.2) is 0 Å². The largest absolute Gasteiger partial charge is 0.283 e. The Balaban J connectivity index is 2.00. The molecule has 0 aliphatic heterocycles. The molecule has 98 valence electrons. The van der Waals surface area contributed by atoms with Gasteiger partial charge < -0.3 is 0 Å². The number of aromatic nitrogens is 2. The minimum Gasteiger partial charge on any atom is -0.267 e. The molecule has 0 aliphatic carbocycles. The van der Waals surface area contributed by atoms with E-state index in [0.717, 1.165) is 11.5 Å². The van der Waals surface area contributed by atoms with Gasteiger partial charge in [0.05, 0.1) is 11.3 Å². The van der Waals surface area contributed by atoms with Crippen LogP contribution in [-0.2, 0) is 0 Å². The van der Waals surface area contributed by atoms with Gasteiger partial charge in [0.25, 0.3) is 11.8 Å². The van der Waals surface area contributed by atoms with E-state index in [2.05, 4.69) is 36.4 Å². The van der Waals surface area contributed by atoms with Crippen LogP contribution < -0.4 is 10.9 Å². The lowest BCUT2D eigenvalue weighted by Crippen LogP contribution is -2.41. The third-order valence-corrected chi connectivity index (χ3v) is 3.78. The molecular formula is C11H9BrN4O2S. The summed E-state index contributed by atoms with van der Waals surface area (Å²) in [6, 6.07) is 6.92. The summed E-state index contributed by atoms with van der Waals surface area (Å²) >= 11 is 4.24. The first-order valence-corrected chi connectivity index (χ1v) is 6.80. The highest BCUT2D eigenvalue weighted by Gasteiger charge is 2.15. The maximum atomic E-state index is 11.8. The van der Waals surface area contributed by atoms with Crippen LogP contribution in [0.4, 0.5) is 0 Å². The number of halogens is 1. The van der Waals surface area contributed by atoms with Crippen LogP contribution in [0, 0.1) is 6.92 Å². The second kappa shape index (κ2) is 5.89. The van der Waals surface area contributed by atoms with Crippen molar-refractivity contribution in [2.24, 2.45) is 0 Å². The molecule has 0 aliphatic rings. The summed E-state index contributed by atoms with van der Waals surface area (Å²) in [4.78, 5) is 23.9. The number of nitrogens with one attached hydrogen (secondary N) is 2. The minimum atomic E-state index is -0.437. The molecule has 2 amide bonds. The highest BCUT2D eigenvalue weighted by molar-refractivity contribution is 9.10. The van der Waals surface area contributed by atoms with E-state index in [4.69, 9.17) is 0 Å². The summed E-state index contributed by atoms with van der Waals surface area (Å²) < 4.78 is 4.30. The van der Waals surface area contributed by atoms with E-state index in [1.807, 2.05) is 0 Å². The van der Waals surface area contributed by atoms with E-state index in [-0.39, 0.29) is 0 Å². The summed E-state index contributed by atoms with van der Waals surface area (Å²) in [5.74, 6) is -0.844. The average molecular weight is 341 g/mol.